The van der Waals surface area contributed by atoms with E-state index >= 15 is 0 Å². The van der Waals surface area contributed by atoms with Crippen LogP contribution >= 0.6 is 0 Å². The van der Waals surface area contributed by atoms with Gasteiger partial charge in [0.1, 0.15) is 11.5 Å². The second-order valence-corrected chi connectivity index (χ2v) is 7.05. The average Bonchev–Trinajstić information content (AvgIpc) is 2.77. The minimum atomic E-state index is -1.24. The molecule has 1 heterocycles. The molecule has 1 amide bonds. The molecule has 1 aromatic heterocycles. The van der Waals surface area contributed by atoms with Crippen LogP contribution in [0.1, 0.15) is 44.1 Å². The lowest BCUT2D eigenvalue weighted by Gasteiger charge is -2.29. The highest BCUT2D eigenvalue weighted by Gasteiger charge is 2.23. The highest BCUT2D eigenvalue weighted by atomic mass is 32.2. The smallest absolute Gasteiger partial charge is 0.232 e. The van der Waals surface area contributed by atoms with Crippen molar-refractivity contribution >= 4 is 16.7 Å². The maximum absolute atomic E-state index is 11.9. The van der Waals surface area contributed by atoms with Crippen molar-refractivity contribution in [2.24, 2.45) is 5.92 Å². The van der Waals surface area contributed by atoms with Gasteiger partial charge in [-0.1, -0.05) is 24.9 Å². The summed E-state index contributed by atoms with van der Waals surface area (Å²) < 4.78 is 16.8. The number of hydrogen-bond acceptors (Lipinski definition) is 4. The third-order valence-corrected chi connectivity index (χ3v) is 4.94. The molecule has 20 heavy (non-hydrogen) atoms. The molecule has 1 saturated carbocycles. The Bertz CT molecular complexity index is 487. The summed E-state index contributed by atoms with van der Waals surface area (Å²) in [5, 5.41) is 6.81. The Labute approximate surface area is 121 Å². The molecule has 0 saturated heterocycles. The normalized spacial score (nSPS) is 24.3. The van der Waals surface area contributed by atoms with Gasteiger partial charge in [0.2, 0.25) is 5.91 Å². The molecule has 0 radical (unpaired) electrons. The molecular formula is C14H22N2O3S. The van der Waals surface area contributed by atoms with E-state index in [0.29, 0.717) is 17.4 Å². The lowest BCUT2D eigenvalue weighted by atomic mass is 9.86. The van der Waals surface area contributed by atoms with E-state index in [4.69, 9.17) is 4.52 Å². The highest BCUT2D eigenvalue weighted by Crippen LogP contribution is 2.23. The molecule has 0 aromatic carbocycles. The number of aromatic nitrogens is 1. The summed E-state index contributed by atoms with van der Waals surface area (Å²) in [6.07, 6.45) is 4.59. The highest BCUT2D eigenvalue weighted by molar-refractivity contribution is 7.84. The van der Waals surface area contributed by atoms with Gasteiger partial charge in [-0.05, 0) is 25.7 Å². The van der Waals surface area contributed by atoms with E-state index < -0.39 is 10.8 Å². The van der Waals surface area contributed by atoms with Gasteiger partial charge in [-0.25, -0.2) is 0 Å². The van der Waals surface area contributed by atoms with E-state index in [1.165, 1.54) is 6.42 Å². The average molecular weight is 298 g/mol. The molecule has 5 nitrogen and oxygen atoms in total. The van der Waals surface area contributed by atoms with Crippen LogP contribution in [0, 0.1) is 12.8 Å². The molecule has 1 aliphatic carbocycles. The van der Waals surface area contributed by atoms with Crippen molar-refractivity contribution in [3.63, 3.8) is 0 Å². The molecule has 0 spiro atoms. The number of carbonyl (C=O) groups excluding carboxylic acids is 1. The second-order valence-electron chi connectivity index (χ2n) is 5.59. The van der Waals surface area contributed by atoms with Gasteiger partial charge in [-0.3, -0.25) is 9.00 Å². The number of amides is 1. The summed E-state index contributed by atoms with van der Waals surface area (Å²) in [6, 6.07) is 1.99. The number of nitrogens with one attached hydrogen (secondary N) is 1. The monoisotopic (exact) mass is 298 g/mol. The van der Waals surface area contributed by atoms with Crippen LogP contribution in [0.5, 0.6) is 0 Å². The largest absolute Gasteiger partial charge is 0.361 e. The molecule has 6 heteroatoms. The van der Waals surface area contributed by atoms with Crippen LogP contribution in [0.3, 0.4) is 0 Å². The summed E-state index contributed by atoms with van der Waals surface area (Å²) in [6.45, 7) is 3.95. The zero-order valence-corrected chi connectivity index (χ0v) is 12.9. The van der Waals surface area contributed by atoms with E-state index in [0.717, 1.165) is 19.3 Å². The lowest BCUT2D eigenvalue weighted by molar-refractivity contribution is -0.119. The van der Waals surface area contributed by atoms with E-state index in [9.17, 15) is 9.00 Å². The minimum absolute atomic E-state index is 0.0368. The van der Waals surface area contributed by atoms with Gasteiger partial charge >= 0.3 is 0 Å². The van der Waals surface area contributed by atoms with Crippen molar-refractivity contribution in [1.82, 2.24) is 10.5 Å². The van der Waals surface area contributed by atoms with Crippen molar-refractivity contribution in [2.75, 3.05) is 5.75 Å². The fourth-order valence-electron chi connectivity index (χ4n) is 2.63. The van der Waals surface area contributed by atoms with E-state index in [1.54, 1.807) is 13.0 Å². The fraction of sp³-hybridized carbons (Fsp3) is 0.714. The van der Waals surface area contributed by atoms with Gasteiger partial charge < -0.3 is 9.84 Å². The first kappa shape index (κ1) is 15.2. The van der Waals surface area contributed by atoms with Gasteiger partial charge in [0.05, 0.1) is 11.4 Å². The maximum atomic E-state index is 11.9. The molecule has 0 unspecified atom stereocenters. The van der Waals surface area contributed by atoms with Crippen LogP contribution in [0.2, 0.25) is 0 Å². The third kappa shape index (κ3) is 4.44. The number of hydrogen-bond donors (Lipinski definition) is 1. The number of nitrogens with zero attached hydrogens (tertiary/aromatic N) is 1. The van der Waals surface area contributed by atoms with Crippen LogP contribution in [-0.2, 0) is 21.3 Å². The first-order valence-corrected chi connectivity index (χ1v) is 8.60. The van der Waals surface area contributed by atoms with Crippen molar-refractivity contribution < 1.29 is 13.5 Å². The SMILES string of the molecule is Cc1cc(C[S@@](=O)CC(=O)N[C@H]2CCCC[C@@H]2C)no1. The Hall–Kier alpha value is -1.17. The molecule has 112 valence electrons. The molecule has 0 aliphatic heterocycles. The first-order chi connectivity index (χ1) is 9.54. The molecule has 1 fully saturated rings. The predicted octanol–water partition coefficient (Wildman–Crippen LogP) is 1.93. The molecule has 1 N–H and O–H groups in total. The molecule has 1 aliphatic rings. The molecule has 0 bridgehead atoms. The van der Waals surface area contributed by atoms with Crippen molar-refractivity contribution in [2.45, 2.75) is 51.3 Å². The minimum Gasteiger partial charge on any atom is -0.361 e. The molecule has 1 aromatic rings. The van der Waals surface area contributed by atoms with Gasteiger partial charge in [0.15, 0.2) is 0 Å². The van der Waals surface area contributed by atoms with E-state index in [1.807, 2.05) is 0 Å². The van der Waals surface area contributed by atoms with Crippen LogP contribution in [0.15, 0.2) is 10.6 Å². The van der Waals surface area contributed by atoms with Gasteiger partial charge in [-0.15, -0.1) is 0 Å². The quantitative estimate of drug-likeness (QED) is 0.901. The zero-order chi connectivity index (χ0) is 14.5. The van der Waals surface area contributed by atoms with Crippen LogP contribution in [-0.4, -0.2) is 27.1 Å². The Kier molecular flexibility index (Phi) is 5.34. The van der Waals surface area contributed by atoms with Crippen molar-refractivity contribution in [3.8, 4) is 0 Å². The summed E-state index contributed by atoms with van der Waals surface area (Å²) in [7, 11) is -1.24. The maximum Gasteiger partial charge on any atom is 0.232 e. The molecule has 3 atom stereocenters. The van der Waals surface area contributed by atoms with Gasteiger partial charge in [-0.2, -0.15) is 0 Å². The van der Waals surface area contributed by atoms with Crippen LogP contribution < -0.4 is 5.32 Å². The van der Waals surface area contributed by atoms with Gasteiger partial charge in [0, 0.05) is 22.9 Å². The van der Waals surface area contributed by atoms with Crippen molar-refractivity contribution in [3.05, 3.63) is 17.5 Å². The molecular weight excluding hydrogens is 276 g/mol. The Balaban J connectivity index is 1.77. The van der Waals surface area contributed by atoms with Crippen molar-refractivity contribution in [1.29, 1.82) is 0 Å². The Morgan fingerprint density at radius 3 is 2.90 bits per heavy atom. The number of rotatable bonds is 5. The molecule has 2 rings (SSSR count). The first-order valence-electron chi connectivity index (χ1n) is 7.11. The third-order valence-electron chi connectivity index (χ3n) is 3.74. The Morgan fingerprint density at radius 2 is 2.25 bits per heavy atom. The zero-order valence-electron chi connectivity index (χ0n) is 12.1. The second kappa shape index (κ2) is 7.02. The standard InChI is InChI=1S/C14H22N2O3S/c1-10-5-3-4-6-13(10)15-14(17)9-20(18)8-12-7-11(2)19-16-12/h7,10,13H,3-6,8-9H2,1-2H3,(H,15,17)/t10-,13-,20+/m0/s1. The fourth-order valence-corrected chi connectivity index (χ4v) is 3.57. The summed E-state index contributed by atoms with van der Waals surface area (Å²) in [5.41, 5.74) is 0.639. The summed E-state index contributed by atoms with van der Waals surface area (Å²) >= 11 is 0. The number of carbonyl (C=O) groups is 1. The summed E-state index contributed by atoms with van der Waals surface area (Å²) in [5.74, 6) is 1.39. The Morgan fingerprint density at radius 1 is 1.50 bits per heavy atom. The van der Waals surface area contributed by atoms with Crippen LogP contribution in [0.25, 0.3) is 0 Å². The summed E-state index contributed by atoms with van der Waals surface area (Å²) in [4.78, 5) is 11.9. The topological polar surface area (TPSA) is 72.2 Å². The lowest BCUT2D eigenvalue weighted by Crippen LogP contribution is -2.42. The predicted molar refractivity (Wildman–Crippen MR) is 77.5 cm³/mol. The van der Waals surface area contributed by atoms with E-state index in [2.05, 4.69) is 17.4 Å². The van der Waals surface area contributed by atoms with E-state index in [-0.39, 0.29) is 23.5 Å². The van der Waals surface area contributed by atoms with Crippen LogP contribution in [0.4, 0.5) is 0 Å². The van der Waals surface area contributed by atoms with Gasteiger partial charge in [0.25, 0.3) is 0 Å². The number of aryl methyl sites for hydroxylation is 1.